The molecule has 10 heteroatoms. The summed E-state index contributed by atoms with van der Waals surface area (Å²) in [5.74, 6) is 5.82. The number of ether oxygens (including phenoxy) is 1. The standard InChI is InChI=1S/C24H21Cl2N5O2S/c1-16-22(24(32)29-30-11-13-33-14-12-30)28-31(20-8-6-17(25)15-19(20)26)23(16)21-9-7-18(34-21)5-3-2-4-10-27/h6-9,15H,2,4,11-14H2,1H3,(H,29,32). The predicted molar refractivity (Wildman–Crippen MR) is 133 cm³/mol. The number of nitriles is 1. The molecule has 34 heavy (non-hydrogen) atoms. The van der Waals surface area contributed by atoms with Gasteiger partial charge in [0.15, 0.2) is 5.69 Å². The Balaban J connectivity index is 1.74. The Morgan fingerprint density at radius 1 is 1.24 bits per heavy atom. The monoisotopic (exact) mass is 513 g/mol. The second-order valence-corrected chi connectivity index (χ2v) is 9.42. The van der Waals surface area contributed by atoms with E-state index in [9.17, 15) is 4.79 Å². The van der Waals surface area contributed by atoms with Crippen molar-refractivity contribution < 1.29 is 9.53 Å². The number of thiophene rings is 1. The second kappa shape index (κ2) is 11.1. The van der Waals surface area contributed by atoms with Crippen LogP contribution in [0.3, 0.4) is 0 Å². The Labute approximate surface area is 211 Å². The van der Waals surface area contributed by atoms with Gasteiger partial charge in [-0.2, -0.15) is 10.4 Å². The fraction of sp³-hybridized carbons (Fsp3) is 0.292. The highest BCUT2D eigenvalue weighted by atomic mass is 35.5. The molecule has 0 spiro atoms. The van der Waals surface area contributed by atoms with Gasteiger partial charge in [-0.05, 0) is 37.3 Å². The van der Waals surface area contributed by atoms with Gasteiger partial charge in [-0.1, -0.05) is 35.0 Å². The van der Waals surface area contributed by atoms with Gasteiger partial charge < -0.3 is 4.74 Å². The van der Waals surface area contributed by atoms with E-state index in [0.29, 0.717) is 60.6 Å². The largest absolute Gasteiger partial charge is 0.379 e. The minimum Gasteiger partial charge on any atom is -0.379 e. The van der Waals surface area contributed by atoms with Gasteiger partial charge in [0.25, 0.3) is 5.91 Å². The van der Waals surface area contributed by atoms with Crippen molar-refractivity contribution in [2.45, 2.75) is 19.8 Å². The fourth-order valence-corrected chi connectivity index (χ4v) is 4.96. The van der Waals surface area contributed by atoms with E-state index in [2.05, 4.69) is 28.4 Å². The highest BCUT2D eigenvalue weighted by molar-refractivity contribution is 7.16. The molecule has 1 aromatic carbocycles. The van der Waals surface area contributed by atoms with Crippen LogP contribution in [0.2, 0.25) is 10.0 Å². The molecule has 1 aliphatic heterocycles. The first-order valence-corrected chi connectivity index (χ1v) is 12.2. The zero-order valence-electron chi connectivity index (χ0n) is 18.4. The third kappa shape index (κ3) is 5.44. The Morgan fingerprint density at radius 3 is 2.76 bits per heavy atom. The molecular weight excluding hydrogens is 493 g/mol. The molecule has 1 saturated heterocycles. The maximum Gasteiger partial charge on any atom is 0.286 e. The van der Waals surface area contributed by atoms with Crippen molar-refractivity contribution in [3.05, 3.63) is 56.5 Å². The molecule has 4 rings (SSSR count). The summed E-state index contributed by atoms with van der Waals surface area (Å²) < 4.78 is 7.03. The summed E-state index contributed by atoms with van der Waals surface area (Å²) in [6.07, 6.45) is 0.917. The van der Waals surface area contributed by atoms with Crippen molar-refractivity contribution in [3.8, 4) is 34.2 Å². The van der Waals surface area contributed by atoms with E-state index in [-0.39, 0.29) is 5.91 Å². The number of hydrogen-bond donors (Lipinski definition) is 1. The van der Waals surface area contributed by atoms with Crippen molar-refractivity contribution >= 4 is 40.4 Å². The van der Waals surface area contributed by atoms with Crippen LogP contribution >= 0.6 is 34.5 Å². The highest BCUT2D eigenvalue weighted by Gasteiger charge is 2.25. The van der Waals surface area contributed by atoms with E-state index in [1.807, 2.05) is 24.1 Å². The number of nitrogens with one attached hydrogen (secondary N) is 1. The Morgan fingerprint density at radius 2 is 2.03 bits per heavy atom. The van der Waals surface area contributed by atoms with Crippen LogP contribution in [-0.2, 0) is 4.74 Å². The van der Waals surface area contributed by atoms with E-state index in [4.69, 9.17) is 33.2 Å². The zero-order valence-corrected chi connectivity index (χ0v) is 20.7. The van der Waals surface area contributed by atoms with E-state index in [1.165, 1.54) is 11.3 Å². The van der Waals surface area contributed by atoms with Crippen LogP contribution in [-0.4, -0.2) is 47.0 Å². The van der Waals surface area contributed by atoms with Gasteiger partial charge in [-0.25, -0.2) is 9.69 Å². The number of aromatic nitrogens is 2. The van der Waals surface area contributed by atoms with Crippen LogP contribution in [0.1, 0.15) is 33.8 Å². The molecule has 0 aliphatic carbocycles. The van der Waals surface area contributed by atoms with E-state index >= 15 is 0 Å². The molecule has 174 valence electrons. The quantitative estimate of drug-likeness (QED) is 0.389. The van der Waals surface area contributed by atoms with Gasteiger partial charge >= 0.3 is 0 Å². The summed E-state index contributed by atoms with van der Waals surface area (Å²) >= 11 is 14.1. The average molecular weight is 514 g/mol. The number of carbonyl (C=O) groups excluding carboxylic acids is 1. The molecule has 1 N–H and O–H groups in total. The lowest BCUT2D eigenvalue weighted by atomic mass is 10.1. The number of nitrogens with zero attached hydrogens (tertiary/aromatic N) is 4. The van der Waals surface area contributed by atoms with Gasteiger partial charge in [-0.3, -0.25) is 10.2 Å². The Kier molecular flexibility index (Phi) is 7.89. The summed E-state index contributed by atoms with van der Waals surface area (Å²) in [4.78, 5) is 14.9. The fourth-order valence-electron chi connectivity index (χ4n) is 3.50. The lowest BCUT2D eigenvalue weighted by Gasteiger charge is -2.26. The van der Waals surface area contributed by atoms with Crippen LogP contribution in [0.15, 0.2) is 30.3 Å². The third-order valence-electron chi connectivity index (χ3n) is 5.16. The Bertz CT molecular complexity index is 1310. The number of carbonyl (C=O) groups is 1. The summed E-state index contributed by atoms with van der Waals surface area (Å²) in [6.45, 7) is 4.22. The van der Waals surface area contributed by atoms with E-state index < -0.39 is 0 Å². The van der Waals surface area contributed by atoms with Crippen LogP contribution in [0.25, 0.3) is 16.3 Å². The Hall–Kier alpha value is -2.85. The molecular formula is C24H21Cl2N5O2S. The number of unbranched alkanes of at least 4 members (excludes halogenated alkanes) is 1. The van der Waals surface area contributed by atoms with Gasteiger partial charge in [0, 0.05) is 36.5 Å². The molecule has 0 radical (unpaired) electrons. The molecule has 3 heterocycles. The summed E-state index contributed by atoms with van der Waals surface area (Å²) in [5.41, 5.74) is 5.33. The van der Waals surface area contributed by atoms with Crippen LogP contribution in [0.5, 0.6) is 0 Å². The van der Waals surface area contributed by atoms with Gasteiger partial charge in [-0.15, -0.1) is 11.3 Å². The number of hydrogen-bond acceptors (Lipinski definition) is 6. The van der Waals surface area contributed by atoms with Gasteiger partial charge in [0.05, 0.1) is 45.4 Å². The van der Waals surface area contributed by atoms with Crippen molar-refractivity contribution in [1.82, 2.24) is 20.2 Å². The first kappa shape index (κ1) is 24.3. The van der Waals surface area contributed by atoms with Gasteiger partial charge in [0.1, 0.15) is 0 Å². The molecule has 3 aromatic rings. The topological polar surface area (TPSA) is 83.2 Å². The molecule has 2 aromatic heterocycles. The first-order valence-electron chi connectivity index (χ1n) is 10.6. The van der Waals surface area contributed by atoms with E-state index in [0.717, 1.165) is 21.0 Å². The number of halogens is 2. The van der Waals surface area contributed by atoms with Crippen LogP contribution < -0.4 is 5.43 Å². The molecule has 0 unspecified atom stereocenters. The normalized spacial score (nSPS) is 13.7. The van der Waals surface area contributed by atoms with Crippen molar-refractivity contribution in [2.24, 2.45) is 0 Å². The minimum absolute atomic E-state index is 0.294. The SMILES string of the molecule is Cc1c(C(=O)NN2CCOCC2)nn(-c2ccc(Cl)cc2Cl)c1-c1ccc(C#CCCC#N)s1. The summed E-state index contributed by atoms with van der Waals surface area (Å²) in [5, 5.41) is 16.1. The van der Waals surface area contributed by atoms with Crippen molar-refractivity contribution in [1.29, 1.82) is 5.26 Å². The minimum atomic E-state index is -0.294. The molecule has 7 nitrogen and oxygen atoms in total. The molecule has 0 saturated carbocycles. The molecule has 0 atom stereocenters. The highest BCUT2D eigenvalue weighted by Crippen LogP contribution is 2.36. The lowest BCUT2D eigenvalue weighted by molar-refractivity contribution is 0.0124. The number of rotatable bonds is 5. The molecule has 1 amide bonds. The van der Waals surface area contributed by atoms with Crippen molar-refractivity contribution in [2.75, 3.05) is 26.3 Å². The average Bonchev–Trinajstić information content (AvgIpc) is 3.41. The predicted octanol–water partition coefficient (Wildman–Crippen LogP) is 4.85. The molecule has 1 fully saturated rings. The number of hydrazine groups is 1. The second-order valence-electron chi connectivity index (χ2n) is 7.49. The number of morpholine rings is 1. The maximum absolute atomic E-state index is 13.1. The number of amides is 1. The van der Waals surface area contributed by atoms with E-state index in [1.54, 1.807) is 22.9 Å². The maximum atomic E-state index is 13.1. The summed E-state index contributed by atoms with van der Waals surface area (Å²) in [6, 6.07) is 11.1. The smallest absolute Gasteiger partial charge is 0.286 e. The third-order valence-corrected chi connectivity index (χ3v) is 6.70. The molecule has 0 bridgehead atoms. The lowest BCUT2D eigenvalue weighted by Crippen LogP contribution is -2.48. The van der Waals surface area contributed by atoms with Gasteiger partial charge in [0.2, 0.25) is 0 Å². The van der Waals surface area contributed by atoms with Crippen molar-refractivity contribution in [3.63, 3.8) is 0 Å². The first-order chi connectivity index (χ1) is 16.5. The van der Waals surface area contributed by atoms with Crippen LogP contribution in [0, 0.1) is 30.1 Å². The zero-order chi connectivity index (χ0) is 24.1. The van der Waals surface area contributed by atoms with Crippen LogP contribution in [0.4, 0.5) is 0 Å². The molecule has 1 aliphatic rings. The number of benzene rings is 1. The summed E-state index contributed by atoms with van der Waals surface area (Å²) in [7, 11) is 0.